The smallest absolute Gasteiger partial charge is 0.253 e. The summed E-state index contributed by atoms with van der Waals surface area (Å²) in [7, 11) is 0. The third-order valence-electron chi connectivity index (χ3n) is 4.98. The highest BCUT2D eigenvalue weighted by atomic mass is 32.2. The fourth-order valence-electron chi connectivity index (χ4n) is 3.48. The van der Waals surface area contributed by atoms with Gasteiger partial charge >= 0.3 is 0 Å². The Morgan fingerprint density at radius 2 is 1.97 bits per heavy atom. The van der Waals surface area contributed by atoms with E-state index in [1.807, 2.05) is 58.9 Å². The third kappa shape index (κ3) is 3.72. The Balaban J connectivity index is 1.56. The maximum absolute atomic E-state index is 13.1. The number of ketones is 1. The number of rotatable bonds is 6. The van der Waals surface area contributed by atoms with Gasteiger partial charge in [-0.15, -0.1) is 5.10 Å². The summed E-state index contributed by atoms with van der Waals surface area (Å²) in [6, 6.07) is 7.71. The molecular weight excluding hydrogens is 386 g/mol. The van der Waals surface area contributed by atoms with Crippen molar-refractivity contribution in [2.75, 3.05) is 0 Å². The largest absolute Gasteiger partial charge is 0.467 e. The average molecular weight is 410 g/mol. The number of aromatic nitrogens is 5. The predicted octanol–water partition coefficient (Wildman–Crippen LogP) is 4.16. The zero-order valence-electron chi connectivity index (χ0n) is 17.1. The topological polar surface area (TPSA) is 78.2 Å². The second-order valence-electron chi connectivity index (χ2n) is 7.22. The highest BCUT2D eigenvalue weighted by Crippen LogP contribution is 2.26. The van der Waals surface area contributed by atoms with E-state index in [0.717, 1.165) is 34.1 Å². The summed E-state index contributed by atoms with van der Waals surface area (Å²) in [6.45, 7) is 10.4. The van der Waals surface area contributed by atoms with Gasteiger partial charge in [0.15, 0.2) is 5.78 Å². The van der Waals surface area contributed by atoms with E-state index in [1.165, 1.54) is 11.8 Å². The van der Waals surface area contributed by atoms with Crippen LogP contribution in [0.2, 0.25) is 0 Å². The molecule has 0 bridgehead atoms. The number of carbonyl (C=O) groups is 1. The van der Waals surface area contributed by atoms with Crippen molar-refractivity contribution in [1.82, 2.24) is 24.1 Å². The van der Waals surface area contributed by atoms with Gasteiger partial charge in [0.1, 0.15) is 5.76 Å². The summed E-state index contributed by atoms with van der Waals surface area (Å²) < 4.78 is 9.27. The minimum absolute atomic E-state index is 0.0634. The number of hydrogen-bond acceptors (Lipinski definition) is 6. The second kappa shape index (κ2) is 7.51. The summed E-state index contributed by atoms with van der Waals surface area (Å²) in [6.07, 6.45) is 1.66. The van der Waals surface area contributed by atoms with Crippen LogP contribution in [0.5, 0.6) is 0 Å². The van der Waals surface area contributed by atoms with E-state index < -0.39 is 0 Å². The molecule has 1 atom stereocenters. The van der Waals surface area contributed by atoms with Gasteiger partial charge in [-0.1, -0.05) is 11.8 Å². The van der Waals surface area contributed by atoms with E-state index in [-0.39, 0.29) is 11.0 Å². The quantitative estimate of drug-likeness (QED) is 0.351. The van der Waals surface area contributed by atoms with Crippen molar-refractivity contribution >= 4 is 23.3 Å². The number of nitrogens with zero attached hydrogens (tertiary/aromatic N) is 5. The van der Waals surface area contributed by atoms with E-state index >= 15 is 0 Å². The fourth-order valence-corrected chi connectivity index (χ4v) is 4.29. The van der Waals surface area contributed by atoms with Crippen LogP contribution in [0.25, 0.3) is 5.78 Å². The number of thioether (sulfide) groups is 1. The van der Waals surface area contributed by atoms with Crippen LogP contribution in [0.15, 0.2) is 40.1 Å². The summed E-state index contributed by atoms with van der Waals surface area (Å²) in [4.78, 5) is 22.0. The molecule has 4 aromatic heterocycles. The number of Topliss-reactive ketones (excluding diaryl/α,β-unsaturated/α-hetero) is 1. The number of hydrogen-bond donors (Lipinski definition) is 0. The van der Waals surface area contributed by atoms with Crippen molar-refractivity contribution in [3.8, 4) is 0 Å². The van der Waals surface area contributed by atoms with Crippen molar-refractivity contribution in [2.45, 2.75) is 51.6 Å². The fraction of sp³-hybridized carbons (Fsp3) is 0.333. The highest BCUT2D eigenvalue weighted by molar-refractivity contribution is 8.00. The summed E-state index contributed by atoms with van der Waals surface area (Å²) in [5, 5.41) is 4.74. The molecule has 0 aliphatic heterocycles. The van der Waals surface area contributed by atoms with E-state index in [0.29, 0.717) is 17.5 Å². The standard InChI is InChI=1S/C21H23N5O2S/c1-12-9-14(3)26-20(22-12)23-21(24-26)29-16(5)19(27)18-10-13(2)25(15(18)4)11-17-7-6-8-28-17/h6-10,16H,11H2,1-5H3/t16-/m1/s1. The monoisotopic (exact) mass is 409 g/mol. The molecule has 0 aliphatic carbocycles. The van der Waals surface area contributed by atoms with Crippen LogP contribution in [0.1, 0.15) is 45.8 Å². The van der Waals surface area contributed by atoms with Crippen LogP contribution in [0, 0.1) is 27.7 Å². The molecule has 4 rings (SSSR count). The Labute approximate surface area is 173 Å². The Morgan fingerprint density at radius 3 is 2.69 bits per heavy atom. The summed E-state index contributed by atoms with van der Waals surface area (Å²) >= 11 is 1.36. The maximum Gasteiger partial charge on any atom is 0.253 e. The van der Waals surface area contributed by atoms with Gasteiger partial charge < -0.3 is 8.98 Å². The number of carbonyl (C=O) groups excluding carboxylic acids is 1. The van der Waals surface area contributed by atoms with Crippen LogP contribution in [-0.2, 0) is 6.54 Å². The van der Waals surface area contributed by atoms with Crippen LogP contribution in [0.3, 0.4) is 0 Å². The molecule has 0 spiro atoms. The summed E-state index contributed by atoms with van der Waals surface area (Å²) in [5.41, 5.74) is 4.55. The molecule has 7 nitrogen and oxygen atoms in total. The Bertz CT molecular complexity index is 1190. The van der Waals surface area contributed by atoms with E-state index in [9.17, 15) is 4.79 Å². The van der Waals surface area contributed by atoms with Gasteiger partial charge in [0, 0.05) is 28.3 Å². The molecule has 0 unspecified atom stereocenters. The lowest BCUT2D eigenvalue weighted by molar-refractivity contribution is 0.0993. The average Bonchev–Trinajstić information content (AvgIpc) is 3.37. The van der Waals surface area contributed by atoms with Gasteiger partial charge in [0.05, 0.1) is 18.1 Å². The molecule has 0 N–H and O–H groups in total. The zero-order chi connectivity index (χ0) is 20.7. The molecular formula is C21H23N5O2S. The van der Waals surface area contributed by atoms with Crippen molar-refractivity contribution in [3.63, 3.8) is 0 Å². The molecule has 0 saturated carbocycles. The molecule has 29 heavy (non-hydrogen) atoms. The molecule has 0 radical (unpaired) electrons. The van der Waals surface area contributed by atoms with Gasteiger partial charge in [-0.05, 0) is 58.9 Å². The minimum Gasteiger partial charge on any atom is -0.467 e. The molecule has 0 fully saturated rings. The molecule has 4 heterocycles. The predicted molar refractivity (Wildman–Crippen MR) is 112 cm³/mol. The first-order valence-electron chi connectivity index (χ1n) is 9.44. The normalized spacial score (nSPS) is 12.6. The Hall–Kier alpha value is -2.87. The minimum atomic E-state index is -0.314. The Morgan fingerprint density at radius 1 is 1.17 bits per heavy atom. The first-order valence-corrected chi connectivity index (χ1v) is 10.3. The third-order valence-corrected chi connectivity index (χ3v) is 5.93. The molecule has 0 amide bonds. The lowest BCUT2D eigenvalue weighted by Crippen LogP contribution is -2.15. The van der Waals surface area contributed by atoms with Crippen LogP contribution >= 0.6 is 11.8 Å². The van der Waals surface area contributed by atoms with E-state index in [2.05, 4.69) is 19.6 Å². The van der Waals surface area contributed by atoms with Crippen LogP contribution < -0.4 is 0 Å². The van der Waals surface area contributed by atoms with Crippen LogP contribution in [0.4, 0.5) is 0 Å². The van der Waals surface area contributed by atoms with Crippen molar-refractivity contribution in [2.24, 2.45) is 0 Å². The first-order chi connectivity index (χ1) is 13.8. The number of furan rings is 1. The molecule has 150 valence electrons. The van der Waals surface area contributed by atoms with Crippen molar-refractivity contribution < 1.29 is 9.21 Å². The second-order valence-corrected chi connectivity index (χ2v) is 8.53. The molecule has 0 saturated heterocycles. The molecule has 8 heteroatoms. The van der Waals surface area contributed by atoms with Crippen molar-refractivity contribution in [3.05, 3.63) is 64.6 Å². The molecule has 0 aliphatic rings. The SMILES string of the molecule is Cc1cc(C)n2nc(S[C@H](C)C(=O)c3cc(C)n(Cc4ccco4)c3C)nc2n1. The lowest BCUT2D eigenvalue weighted by Gasteiger charge is -2.10. The summed E-state index contributed by atoms with van der Waals surface area (Å²) in [5.74, 6) is 1.48. The Kier molecular flexibility index (Phi) is 5.04. The van der Waals surface area contributed by atoms with Crippen LogP contribution in [-0.4, -0.2) is 35.2 Å². The van der Waals surface area contributed by atoms with E-state index in [4.69, 9.17) is 4.42 Å². The van der Waals surface area contributed by atoms with E-state index in [1.54, 1.807) is 10.8 Å². The molecule has 4 aromatic rings. The van der Waals surface area contributed by atoms with Gasteiger partial charge in [-0.2, -0.15) is 4.98 Å². The van der Waals surface area contributed by atoms with Gasteiger partial charge in [0.25, 0.3) is 5.78 Å². The molecule has 0 aromatic carbocycles. The van der Waals surface area contributed by atoms with Gasteiger partial charge in [-0.25, -0.2) is 9.50 Å². The number of fused-ring (bicyclic) bond motifs is 1. The highest BCUT2D eigenvalue weighted by Gasteiger charge is 2.24. The maximum atomic E-state index is 13.1. The number of aryl methyl sites for hydroxylation is 3. The zero-order valence-corrected chi connectivity index (χ0v) is 17.9. The lowest BCUT2D eigenvalue weighted by atomic mass is 10.1. The van der Waals surface area contributed by atoms with Gasteiger partial charge in [0.2, 0.25) is 5.16 Å². The van der Waals surface area contributed by atoms with Gasteiger partial charge in [-0.3, -0.25) is 4.79 Å². The van der Waals surface area contributed by atoms with Crippen molar-refractivity contribution in [1.29, 1.82) is 0 Å². The first kappa shape index (κ1) is 19.4.